The van der Waals surface area contributed by atoms with Crippen LogP contribution in [0.4, 0.5) is 5.69 Å². The second-order valence-electron chi connectivity index (χ2n) is 5.42. The van der Waals surface area contributed by atoms with Crippen LogP contribution in [0.15, 0.2) is 48.5 Å². The molecule has 1 N–H and O–H groups in total. The van der Waals surface area contributed by atoms with Gasteiger partial charge in [-0.3, -0.25) is 9.52 Å². The molecule has 0 aliphatic heterocycles. The van der Waals surface area contributed by atoms with Gasteiger partial charge in [0, 0.05) is 11.5 Å². The van der Waals surface area contributed by atoms with E-state index in [0.717, 1.165) is 18.4 Å². The summed E-state index contributed by atoms with van der Waals surface area (Å²) >= 11 is -1.75. The van der Waals surface area contributed by atoms with Crippen LogP contribution in [0, 0.1) is 12.8 Å². The predicted octanol–water partition coefficient (Wildman–Crippen LogP) is 3.66. The van der Waals surface area contributed by atoms with Crippen molar-refractivity contribution in [2.45, 2.75) is 19.8 Å². The van der Waals surface area contributed by atoms with Gasteiger partial charge in [0.25, 0.3) is 0 Å². The largest absolute Gasteiger partial charge is 0.385 e. The van der Waals surface area contributed by atoms with Gasteiger partial charge in [-0.1, -0.05) is 29.8 Å². The van der Waals surface area contributed by atoms with Gasteiger partial charge in [0.1, 0.15) is 5.75 Å². The van der Waals surface area contributed by atoms with Crippen LogP contribution < -0.4 is 8.91 Å². The molecule has 5 heteroatoms. The Hall–Kier alpha value is -2.14. The number of hydrogen-bond acceptors (Lipinski definition) is 3. The number of carbonyl (C=O) groups excluding carboxylic acids is 1. The minimum Gasteiger partial charge on any atom is -0.385 e. The molecule has 2 aromatic carbocycles. The Morgan fingerprint density at radius 3 is 2.50 bits per heavy atom. The molecule has 1 saturated carbocycles. The van der Waals surface area contributed by atoms with Gasteiger partial charge in [-0.05, 0) is 44.0 Å². The van der Waals surface area contributed by atoms with E-state index in [2.05, 4.69) is 4.72 Å². The Balaban J connectivity index is 1.71. The summed E-state index contributed by atoms with van der Waals surface area (Å²) in [6.45, 7) is 1.97. The second kappa shape index (κ2) is 6.32. The molecule has 1 aliphatic rings. The van der Waals surface area contributed by atoms with Gasteiger partial charge in [-0.2, -0.15) is 4.21 Å². The predicted molar refractivity (Wildman–Crippen MR) is 87.1 cm³/mol. The van der Waals surface area contributed by atoms with Crippen molar-refractivity contribution in [2.24, 2.45) is 5.92 Å². The molecular formula is C17H17NO3S. The van der Waals surface area contributed by atoms with Crippen LogP contribution in [0.25, 0.3) is 0 Å². The topological polar surface area (TPSA) is 55.4 Å². The summed E-state index contributed by atoms with van der Waals surface area (Å²) in [6, 6.07) is 14.4. The van der Waals surface area contributed by atoms with Crippen LogP contribution in [-0.2, 0) is 11.3 Å². The molecule has 1 atom stereocenters. The Morgan fingerprint density at radius 1 is 1.14 bits per heavy atom. The molecule has 4 nitrogen and oxygen atoms in total. The zero-order valence-corrected chi connectivity index (χ0v) is 13.1. The molecular weight excluding hydrogens is 298 g/mol. The highest BCUT2D eigenvalue weighted by Gasteiger charge is 2.31. The highest BCUT2D eigenvalue weighted by Crippen LogP contribution is 2.34. The number of rotatable bonds is 6. The molecule has 22 heavy (non-hydrogen) atoms. The molecule has 0 bridgehead atoms. The molecule has 114 valence electrons. The van der Waals surface area contributed by atoms with Crippen molar-refractivity contribution in [1.29, 1.82) is 0 Å². The van der Waals surface area contributed by atoms with E-state index in [1.807, 2.05) is 25.1 Å². The zero-order valence-electron chi connectivity index (χ0n) is 12.2. The van der Waals surface area contributed by atoms with Crippen LogP contribution in [-0.4, -0.2) is 9.99 Å². The first-order chi connectivity index (χ1) is 10.6. The highest BCUT2D eigenvalue weighted by atomic mass is 32.2. The number of Topliss-reactive ketones (excluding diaryl/α,β-unsaturated/α-hetero) is 1. The molecule has 0 heterocycles. The van der Waals surface area contributed by atoms with Gasteiger partial charge in [-0.15, -0.1) is 0 Å². The number of ketones is 1. The second-order valence-corrected chi connectivity index (χ2v) is 6.26. The summed E-state index contributed by atoms with van der Waals surface area (Å²) in [7, 11) is 0. The molecule has 1 unspecified atom stereocenters. The van der Waals surface area contributed by atoms with Gasteiger partial charge in [0.05, 0.1) is 5.69 Å². The van der Waals surface area contributed by atoms with Crippen LogP contribution in [0.3, 0.4) is 0 Å². The summed E-state index contributed by atoms with van der Waals surface area (Å²) in [6.07, 6.45) is 1.88. The third-order valence-electron chi connectivity index (χ3n) is 3.53. The molecule has 1 aliphatic carbocycles. The first-order valence-electron chi connectivity index (χ1n) is 7.20. The summed E-state index contributed by atoms with van der Waals surface area (Å²) in [5.74, 6) is 0.743. The van der Waals surface area contributed by atoms with Gasteiger partial charge < -0.3 is 4.18 Å². The van der Waals surface area contributed by atoms with Crippen LogP contribution in [0.1, 0.15) is 28.8 Å². The first-order valence-corrected chi connectivity index (χ1v) is 8.27. The Morgan fingerprint density at radius 2 is 1.82 bits per heavy atom. The standard InChI is InChI=1S/C17H17NO3S/c1-12-6-10-14(11-7-12)21-22(20)18-16-5-3-2-4-15(16)17(19)13-8-9-13/h2-7,10-11,13,18H,8-9H2,1H3. The van der Waals surface area contributed by atoms with E-state index in [0.29, 0.717) is 17.0 Å². The average Bonchev–Trinajstić information content (AvgIpc) is 3.34. The number of benzene rings is 2. The quantitative estimate of drug-likeness (QED) is 0.828. The lowest BCUT2D eigenvalue weighted by molar-refractivity contribution is 0.0968. The molecule has 2 aromatic rings. The average molecular weight is 315 g/mol. The van der Waals surface area contributed by atoms with Crippen molar-refractivity contribution in [3.63, 3.8) is 0 Å². The summed E-state index contributed by atoms with van der Waals surface area (Å²) in [4.78, 5) is 12.2. The van der Waals surface area contributed by atoms with E-state index in [-0.39, 0.29) is 11.7 Å². The van der Waals surface area contributed by atoms with Gasteiger partial charge in [-0.25, -0.2) is 0 Å². The van der Waals surface area contributed by atoms with E-state index < -0.39 is 11.3 Å². The number of anilines is 1. The highest BCUT2D eigenvalue weighted by molar-refractivity contribution is 7.82. The fourth-order valence-corrected chi connectivity index (χ4v) is 2.83. The number of carbonyl (C=O) groups is 1. The molecule has 0 radical (unpaired) electrons. The molecule has 0 aromatic heterocycles. The fourth-order valence-electron chi connectivity index (χ4n) is 2.14. The van der Waals surface area contributed by atoms with E-state index in [1.54, 1.807) is 30.3 Å². The van der Waals surface area contributed by atoms with Gasteiger partial charge in [0.15, 0.2) is 5.78 Å². The van der Waals surface area contributed by atoms with Crippen molar-refractivity contribution >= 4 is 22.7 Å². The maximum absolute atomic E-state index is 12.2. The molecule has 0 amide bonds. The zero-order chi connectivity index (χ0) is 15.5. The third-order valence-corrected chi connectivity index (χ3v) is 4.26. The molecule has 1 fully saturated rings. The van der Waals surface area contributed by atoms with Gasteiger partial charge >= 0.3 is 11.3 Å². The van der Waals surface area contributed by atoms with Crippen molar-refractivity contribution in [1.82, 2.24) is 0 Å². The number of nitrogens with one attached hydrogen (secondary N) is 1. The minimum atomic E-state index is -1.75. The summed E-state index contributed by atoms with van der Waals surface area (Å²) < 4.78 is 20.2. The van der Waals surface area contributed by atoms with E-state index >= 15 is 0 Å². The van der Waals surface area contributed by atoms with Crippen molar-refractivity contribution in [2.75, 3.05) is 4.72 Å². The smallest absolute Gasteiger partial charge is 0.316 e. The molecule has 3 rings (SSSR count). The summed E-state index contributed by atoms with van der Waals surface area (Å²) in [5, 5.41) is 0. The maximum atomic E-state index is 12.2. The number of para-hydroxylation sites is 1. The maximum Gasteiger partial charge on any atom is 0.316 e. The van der Waals surface area contributed by atoms with Crippen molar-refractivity contribution < 1.29 is 13.2 Å². The third kappa shape index (κ3) is 3.54. The van der Waals surface area contributed by atoms with E-state index in [1.165, 1.54) is 0 Å². The van der Waals surface area contributed by atoms with E-state index in [4.69, 9.17) is 4.18 Å². The lowest BCUT2D eigenvalue weighted by Gasteiger charge is -2.11. The Kier molecular flexibility index (Phi) is 4.24. The van der Waals surface area contributed by atoms with Crippen molar-refractivity contribution in [3.05, 3.63) is 59.7 Å². The fraction of sp³-hybridized carbons (Fsp3) is 0.235. The number of aryl methyl sites for hydroxylation is 1. The van der Waals surface area contributed by atoms with E-state index in [9.17, 15) is 9.00 Å². The minimum absolute atomic E-state index is 0.107. The lowest BCUT2D eigenvalue weighted by atomic mass is 10.1. The molecule has 0 saturated heterocycles. The Labute approximate surface area is 132 Å². The van der Waals surface area contributed by atoms with Crippen LogP contribution in [0.5, 0.6) is 5.75 Å². The van der Waals surface area contributed by atoms with Gasteiger partial charge in [0.2, 0.25) is 0 Å². The van der Waals surface area contributed by atoms with Crippen LogP contribution in [0.2, 0.25) is 0 Å². The van der Waals surface area contributed by atoms with Crippen molar-refractivity contribution in [3.8, 4) is 5.75 Å². The normalized spacial score (nSPS) is 15.1. The first kappa shape index (κ1) is 14.8. The summed E-state index contributed by atoms with van der Waals surface area (Å²) in [5.41, 5.74) is 2.22. The SMILES string of the molecule is Cc1ccc(OS(=O)Nc2ccccc2C(=O)C2CC2)cc1. The molecule has 0 spiro atoms. The Bertz CT molecular complexity index is 708. The number of hydrogen-bond donors (Lipinski definition) is 1. The monoisotopic (exact) mass is 315 g/mol. The van der Waals surface area contributed by atoms with Crippen LogP contribution >= 0.6 is 0 Å². The lowest BCUT2D eigenvalue weighted by Crippen LogP contribution is -2.14.